The van der Waals surface area contributed by atoms with E-state index in [1.54, 1.807) is 6.20 Å². The molecule has 17 heavy (non-hydrogen) atoms. The lowest BCUT2D eigenvalue weighted by atomic mass is 10.1. The van der Waals surface area contributed by atoms with Gasteiger partial charge < -0.3 is 0 Å². The van der Waals surface area contributed by atoms with Crippen LogP contribution in [0.3, 0.4) is 0 Å². The summed E-state index contributed by atoms with van der Waals surface area (Å²) in [6.45, 7) is -0.0360. The molecule has 0 saturated carbocycles. The van der Waals surface area contributed by atoms with E-state index in [9.17, 15) is 10.1 Å². The van der Waals surface area contributed by atoms with Gasteiger partial charge in [0, 0.05) is 23.1 Å². The summed E-state index contributed by atoms with van der Waals surface area (Å²) < 4.78 is 0. The molecule has 1 aromatic carbocycles. The van der Waals surface area contributed by atoms with Gasteiger partial charge in [0.2, 0.25) is 6.54 Å². The Balaban J connectivity index is 2.20. The Bertz CT molecular complexity index is 512. The molecule has 1 aromatic heterocycles. The highest BCUT2D eigenvalue weighted by molar-refractivity contribution is 5.59. The number of hydrogen-bond acceptors (Lipinski definition) is 3. The summed E-state index contributed by atoms with van der Waals surface area (Å²) in [7, 11) is 0. The molecule has 4 heteroatoms. The Morgan fingerprint density at radius 2 is 2.06 bits per heavy atom. The second kappa shape index (κ2) is 5.21. The average Bonchev–Trinajstić information content (AvgIpc) is 2.38. The molecular formula is C13H12N2O2. The van der Waals surface area contributed by atoms with Crippen LogP contribution in [-0.2, 0) is 6.42 Å². The molecule has 0 saturated heterocycles. The molecule has 0 fully saturated rings. The third-order valence-corrected chi connectivity index (χ3v) is 2.47. The third kappa shape index (κ3) is 3.11. The molecule has 0 aliphatic carbocycles. The number of nitrogens with zero attached hydrogens (tertiary/aromatic N) is 2. The lowest BCUT2D eigenvalue weighted by Gasteiger charge is -2.03. The van der Waals surface area contributed by atoms with E-state index in [0.717, 1.165) is 16.8 Å². The van der Waals surface area contributed by atoms with Gasteiger partial charge in [-0.1, -0.05) is 24.3 Å². The second-order valence-corrected chi connectivity index (χ2v) is 3.72. The zero-order valence-corrected chi connectivity index (χ0v) is 9.24. The summed E-state index contributed by atoms with van der Waals surface area (Å²) in [5.74, 6) is 0. The molecular weight excluding hydrogens is 216 g/mol. The lowest BCUT2D eigenvalue weighted by molar-refractivity contribution is -0.479. The number of rotatable bonds is 4. The molecule has 1 heterocycles. The topological polar surface area (TPSA) is 56.0 Å². The van der Waals surface area contributed by atoms with Crippen molar-refractivity contribution in [1.29, 1.82) is 0 Å². The molecule has 0 aliphatic rings. The first-order chi connectivity index (χ1) is 8.25. The Morgan fingerprint density at radius 1 is 1.18 bits per heavy atom. The molecule has 0 atom stereocenters. The highest BCUT2D eigenvalue weighted by Crippen LogP contribution is 2.17. The smallest absolute Gasteiger partial charge is 0.207 e. The molecule has 4 nitrogen and oxygen atoms in total. The molecule has 0 unspecified atom stereocenters. The minimum atomic E-state index is -0.298. The Kier molecular flexibility index (Phi) is 3.45. The van der Waals surface area contributed by atoms with Gasteiger partial charge in [-0.2, -0.15) is 0 Å². The van der Waals surface area contributed by atoms with Gasteiger partial charge in [-0.25, -0.2) is 0 Å². The number of aromatic nitrogens is 1. The molecule has 0 aliphatic heterocycles. The predicted molar refractivity (Wildman–Crippen MR) is 65.2 cm³/mol. The van der Waals surface area contributed by atoms with E-state index in [0.29, 0.717) is 6.42 Å². The van der Waals surface area contributed by atoms with Gasteiger partial charge in [0.15, 0.2) is 0 Å². The zero-order chi connectivity index (χ0) is 12.1. The highest BCUT2D eigenvalue weighted by Gasteiger charge is 2.02. The minimum Gasteiger partial charge on any atom is -0.265 e. The predicted octanol–water partition coefficient (Wildman–Crippen LogP) is 2.57. The summed E-state index contributed by atoms with van der Waals surface area (Å²) in [6.07, 6.45) is 2.19. The summed E-state index contributed by atoms with van der Waals surface area (Å²) in [5.41, 5.74) is 2.84. The van der Waals surface area contributed by atoms with Crippen LogP contribution < -0.4 is 0 Å². The maximum atomic E-state index is 10.3. The molecule has 0 N–H and O–H groups in total. The SMILES string of the molecule is O=[N+]([O-])CCc1cccc(-c2ccccn2)c1. The molecule has 2 aromatic rings. The van der Waals surface area contributed by atoms with Crippen LogP contribution in [0.1, 0.15) is 5.56 Å². The highest BCUT2D eigenvalue weighted by atomic mass is 16.6. The number of benzene rings is 1. The molecule has 2 rings (SSSR count). The van der Waals surface area contributed by atoms with Gasteiger partial charge in [0.1, 0.15) is 0 Å². The van der Waals surface area contributed by atoms with Crippen LogP contribution in [-0.4, -0.2) is 16.5 Å². The van der Waals surface area contributed by atoms with E-state index in [-0.39, 0.29) is 11.5 Å². The van der Waals surface area contributed by atoms with Crippen molar-refractivity contribution in [2.45, 2.75) is 6.42 Å². The van der Waals surface area contributed by atoms with Crippen LogP contribution in [0.4, 0.5) is 0 Å². The van der Waals surface area contributed by atoms with E-state index < -0.39 is 0 Å². The molecule has 0 bridgehead atoms. The van der Waals surface area contributed by atoms with Crippen LogP contribution in [0.25, 0.3) is 11.3 Å². The van der Waals surface area contributed by atoms with Crippen molar-refractivity contribution in [2.75, 3.05) is 6.54 Å². The van der Waals surface area contributed by atoms with E-state index in [4.69, 9.17) is 0 Å². The second-order valence-electron chi connectivity index (χ2n) is 3.72. The van der Waals surface area contributed by atoms with E-state index >= 15 is 0 Å². The molecule has 0 spiro atoms. The first kappa shape index (κ1) is 11.3. The van der Waals surface area contributed by atoms with Crippen LogP contribution in [0.15, 0.2) is 48.7 Å². The van der Waals surface area contributed by atoms with Crippen molar-refractivity contribution in [2.24, 2.45) is 0 Å². The quantitative estimate of drug-likeness (QED) is 0.597. The number of nitro groups is 1. The fraction of sp³-hybridized carbons (Fsp3) is 0.154. The Hall–Kier alpha value is -2.23. The monoisotopic (exact) mass is 228 g/mol. The zero-order valence-electron chi connectivity index (χ0n) is 9.24. The van der Waals surface area contributed by atoms with Gasteiger partial charge in [-0.15, -0.1) is 0 Å². The Labute approximate surface area is 99.1 Å². The summed E-state index contributed by atoms with van der Waals surface area (Å²) >= 11 is 0. The molecule has 0 amide bonds. The van der Waals surface area contributed by atoms with E-state index in [1.807, 2.05) is 42.5 Å². The van der Waals surface area contributed by atoms with Crippen molar-refractivity contribution >= 4 is 0 Å². The molecule has 0 radical (unpaired) electrons. The summed E-state index contributed by atoms with van der Waals surface area (Å²) in [6, 6.07) is 13.4. The number of pyridine rings is 1. The van der Waals surface area contributed by atoms with E-state index in [1.165, 1.54) is 0 Å². The first-order valence-electron chi connectivity index (χ1n) is 5.38. The standard InChI is InChI=1S/C13H12N2O2/c16-15(17)9-7-11-4-3-5-12(10-11)13-6-1-2-8-14-13/h1-6,8,10H,7,9H2. The fourth-order valence-corrected chi connectivity index (χ4v) is 1.64. The summed E-state index contributed by atoms with van der Waals surface area (Å²) in [4.78, 5) is 14.3. The number of hydrogen-bond donors (Lipinski definition) is 0. The normalized spacial score (nSPS) is 10.1. The van der Waals surface area contributed by atoms with E-state index in [2.05, 4.69) is 4.98 Å². The van der Waals surface area contributed by atoms with Gasteiger partial charge in [0.25, 0.3) is 0 Å². The van der Waals surface area contributed by atoms with Crippen molar-refractivity contribution in [1.82, 2.24) is 4.98 Å². The van der Waals surface area contributed by atoms with Crippen LogP contribution in [0.2, 0.25) is 0 Å². The van der Waals surface area contributed by atoms with Gasteiger partial charge in [0.05, 0.1) is 5.69 Å². The van der Waals surface area contributed by atoms with Crippen molar-refractivity contribution < 1.29 is 4.92 Å². The maximum Gasteiger partial charge on any atom is 0.207 e. The van der Waals surface area contributed by atoms with Crippen molar-refractivity contribution in [3.8, 4) is 11.3 Å². The maximum absolute atomic E-state index is 10.3. The van der Waals surface area contributed by atoms with Crippen molar-refractivity contribution in [3.05, 3.63) is 64.3 Å². The van der Waals surface area contributed by atoms with Crippen LogP contribution in [0.5, 0.6) is 0 Å². The fourth-order valence-electron chi connectivity index (χ4n) is 1.64. The van der Waals surface area contributed by atoms with Gasteiger partial charge >= 0.3 is 0 Å². The Morgan fingerprint density at radius 3 is 2.76 bits per heavy atom. The molecule has 86 valence electrons. The van der Waals surface area contributed by atoms with Crippen LogP contribution >= 0.6 is 0 Å². The van der Waals surface area contributed by atoms with Gasteiger partial charge in [-0.3, -0.25) is 15.1 Å². The lowest BCUT2D eigenvalue weighted by Crippen LogP contribution is -2.03. The van der Waals surface area contributed by atoms with Crippen LogP contribution in [0, 0.1) is 10.1 Å². The van der Waals surface area contributed by atoms with Gasteiger partial charge in [-0.05, 0) is 23.8 Å². The summed E-state index contributed by atoms with van der Waals surface area (Å²) in [5, 5.41) is 10.3. The first-order valence-corrected chi connectivity index (χ1v) is 5.38. The largest absolute Gasteiger partial charge is 0.265 e. The minimum absolute atomic E-state index is 0.0360. The van der Waals surface area contributed by atoms with Crippen molar-refractivity contribution in [3.63, 3.8) is 0 Å². The average molecular weight is 228 g/mol. The third-order valence-electron chi connectivity index (χ3n) is 2.47.